The lowest BCUT2D eigenvalue weighted by Crippen LogP contribution is -1.85. The van der Waals surface area contributed by atoms with E-state index in [1.165, 1.54) is 0 Å². The molecule has 50 valence electrons. The van der Waals surface area contributed by atoms with E-state index in [2.05, 4.69) is 0 Å². The summed E-state index contributed by atoms with van der Waals surface area (Å²) in [7, 11) is -2.23. The summed E-state index contributed by atoms with van der Waals surface area (Å²) >= 11 is 0. The monoisotopic (exact) mass is 149 g/mol. The highest BCUT2D eigenvalue weighted by molar-refractivity contribution is 7.38. The van der Waals surface area contributed by atoms with Crippen LogP contribution in [0.1, 0.15) is 0 Å². The quantitative estimate of drug-likeness (QED) is 0.448. The Hall–Kier alpha value is -0.730. The summed E-state index contributed by atoms with van der Waals surface area (Å²) in [6.45, 7) is 0. The van der Waals surface area contributed by atoms with Crippen LogP contribution >= 0.6 is 8.03 Å². The third kappa shape index (κ3) is 7.27. The summed E-state index contributed by atoms with van der Waals surface area (Å²) in [6, 6.07) is 0. The Morgan fingerprint density at radius 2 is 2.22 bits per heavy atom. The Morgan fingerprint density at radius 3 is 2.56 bits per heavy atom. The first kappa shape index (κ1) is 8.27. The average molecular weight is 149 g/mol. The molecular weight excluding hydrogens is 143 g/mol. The number of carbonyl (C=O) groups is 1. The van der Waals surface area contributed by atoms with Gasteiger partial charge in [-0.15, -0.1) is 0 Å². The lowest BCUT2D eigenvalue weighted by atomic mass is 10.5. The number of hydrogen-bond acceptors (Lipinski definition) is 2. The number of carboxylic acid groups (broad SMARTS) is 1. The zero-order valence-corrected chi connectivity index (χ0v) is 5.41. The molecule has 2 N–H and O–H groups in total. The van der Waals surface area contributed by atoms with E-state index in [0.29, 0.717) is 0 Å². The van der Waals surface area contributed by atoms with Gasteiger partial charge in [0.2, 0.25) is 0 Å². The molecule has 0 rings (SSSR count). The fourth-order valence-corrected chi connectivity index (χ4v) is 0.529. The molecule has 0 aliphatic rings. The molecule has 4 nitrogen and oxygen atoms in total. The number of rotatable bonds is 3. The molecule has 0 aliphatic heterocycles. The summed E-state index contributed by atoms with van der Waals surface area (Å²) in [5.41, 5.74) is 0. The van der Waals surface area contributed by atoms with Crippen LogP contribution in [0.4, 0.5) is 0 Å². The molecule has 0 amide bonds. The molecule has 0 aromatic rings. The number of allylic oxidation sites excluding steroid dienone is 1. The minimum Gasteiger partial charge on any atom is -0.478 e. The predicted octanol–water partition coefficient (Wildman–Crippen LogP) is 0.362. The van der Waals surface area contributed by atoms with Gasteiger partial charge in [-0.3, -0.25) is 0 Å². The first-order chi connectivity index (χ1) is 4.13. The topological polar surface area (TPSA) is 74.6 Å². The van der Waals surface area contributed by atoms with Crippen LogP contribution in [0.2, 0.25) is 0 Å². The van der Waals surface area contributed by atoms with Gasteiger partial charge in [0, 0.05) is 6.08 Å². The standard InChI is InChI=1S/C4H5O4P/c5-4(6)2-1-3-9(7)8/h1-2H,3H2,(H-,5,6,7,8)/p+1. The Bertz CT molecular complexity index is 151. The maximum Gasteiger partial charge on any atom is 0.509 e. The van der Waals surface area contributed by atoms with Gasteiger partial charge in [0.25, 0.3) is 0 Å². The van der Waals surface area contributed by atoms with Crippen LogP contribution in [0, 0.1) is 0 Å². The Kier molecular flexibility index (Phi) is 3.84. The molecule has 0 heterocycles. The van der Waals surface area contributed by atoms with E-state index in [4.69, 9.17) is 10.00 Å². The third-order valence-electron chi connectivity index (χ3n) is 0.522. The molecule has 0 aromatic heterocycles. The third-order valence-corrected chi connectivity index (χ3v) is 1.05. The average Bonchev–Trinajstić information content (AvgIpc) is 1.63. The van der Waals surface area contributed by atoms with Gasteiger partial charge in [-0.25, -0.2) is 4.79 Å². The van der Waals surface area contributed by atoms with Gasteiger partial charge in [-0.05, 0) is 10.6 Å². The van der Waals surface area contributed by atoms with E-state index in [-0.39, 0.29) is 6.16 Å². The molecule has 1 unspecified atom stereocenters. The zero-order chi connectivity index (χ0) is 7.28. The highest BCUT2D eigenvalue weighted by Crippen LogP contribution is 2.10. The molecular formula is C4H6O4P+. The van der Waals surface area contributed by atoms with Gasteiger partial charge in [0.1, 0.15) is 0 Å². The summed E-state index contributed by atoms with van der Waals surface area (Å²) in [4.78, 5) is 17.8. The first-order valence-electron chi connectivity index (χ1n) is 2.16. The minimum absolute atomic E-state index is 0.0956. The lowest BCUT2D eigenvalue weighted by molar-refractivity contribution is -0.131. The molecule has 0 radical (unpaired) electrons. The van der Waals surface area contributed by atoms with Crippen molar-refractivity contribution in [1.29, 1.82) is 0 Å². The molecule has 0 saturated carbocycles. The molecule has 0 bridgehead atoms. The Balaban J connectivity index is 3.48. The summed E-state index contributed by atoms with van der Waals surface area (Å²) in [5, 5.41) is 7.96. The molecule has 0 saturated heterocycles. The van der Waals surface area contributed by atoms with Crippen LogP contribution < -0.4 is 0 Å². The molecule has 0 spiro atoms. The van der Waals surface area contributed by atoms with Crippen molar-refractivity contribution >= 4 is 14.0 Å². The zero-order valence-electron chi connectivity index (χ0n) is 4.52. The van der Waals surface area contributed by atoms with Crippen LogP contribution in [0.15, 0.2) is 12.2 Å². The number of hydrogen-bond donors (Lipinski definition) is 2. The second kappa shape index (κ2) is 4.18. The van der Waals surface area contributed by atoms with Gasteiger partial charge >= 0.3 is 14.0 Å². The number of carboxylic acids is 1. The minimum atomic E-state index is -2.23. The highest BCUT2D eigenvalue weighted by Gasteiger charge is 2.04. The van der Waals surface area contributed by atoms with Crippen molar-refractivity contribution in [3.8, 4) is 0 Å². The van der Waals surface area contributed by atoms with Gasteiger partial charge in [-0.2, -0.15) is 4.89 Å². The van der Waals surface area contributed by atoms with Crippen LogP contribution in [-0.2, 0) is 9.36 Å². The second-order valence-electron chi connectivity index (χ2n) is 1.28. The van der Waals surface area contributed by atoms with Gasteiger partial charge in [-0.1, -0.05) is 0 Å². The Labute approximate surface area is 52.7 Å². The van der Waals surface area contributed by atoms with Crippen molar-refractivity contribution in [2.75, 3.05) is 6.16 Å². The van der Waals surface area contributed by atoms with E-state index in [0.717, 1.165) is 12.2 Å². The highest BCUT2D eigenvalue weighted by atomic mass is 31.1. The molecule has 1 atom stereocenters. The summed E-state index contributed by atoms with van der Waals surface area (Å²) in [5.74, 6) is -1.10. The lowest BCUT2D eigenvalue weighted by Gasteiger charge is -1.71. The van der Waals surface area contributed by atoms with E-state index >= 15 is 0 Å². The summed E-state index contributed by atoms with van der Waals surface area (Å²) in [6.07, 6.45) is 1.88. The van der Waals surface area contributed by atoms with Gasteiger partial charge < -0.3 is 5.11 Å². The molecule has 0 fully saturated rings. The molecule has 5 heteroatoms. The van der Waals surface area contributed by atoms with Gasteiger partial charge in [0.15, 0.2) is 6.16 Å². The van der Waals surface area contributed by atoms with Crippen LogP contribution in [0.3, 0.4) is 0 Å². The smallest absolute Gasteiger partial charge is 0.478 e. The second-order valence-corrected chi connectivity index (χ2v) is 2.34. The van der Waals surface area contributed by atoms with Gasteiger partial charge in [0.05, 0.1) is 0 Å². The van der Waals surface area contributed by atoms with Crippen molar-refractivity contribution in [3.05, 3.63) is 12.2 Å². The summed E-state index contributed by atoms with van der Waals surface area (Å²) < 4.78 is 9.88. The fraction of sp³-hybridized carbons (Fsp3) is 0.250. The maximum absolute atomic E-state index is 9.88. The SMILES string of the molecule is O=C(O)C=CC[P+](=O)O. The van der Waals surface area contributed by atoms with Crippen molar-refractivity contribution < 1.29 is 19.4 Å². The number of aliphatic carboxylic acids is 1. The van der Waals surface area contributed by atoms with E-state index in [1.54, 1.807) is 0 Å². The molecule has 0 aliphatic carbocycles. The predicted molar refractivity (Wildman–Crippen MR) is 31.5 cm³/mol. The van der Waals surface area contributed by atoms with Crippen LogP contribution in [0.25, 0.3) is 0 Å². The van der Waals surface area contributed by atoms with Crippen LogP contribution in [0.5, 0.6) is 0 Å². The first-order valence-corrected chi connectivity index (χ1v) is 3.55. The molecule has 0 aromatic carbocycles. The van der Waals surface area contributed by atoms with E-state index in [9.17, 15) is 9.36 Å². The van der Waals surface area contributed by atoms with Crippen molar-refractivity contribution in [2.24, 2.45) is 0 Å². The maximum atomic E-state index is 9.88. The Morgan fingerprint density at radius 1 is 1.67 bits per heavy atom. The van der Waals surface area contributed by atoms with Crippen molar-refractivity contribution in [3.63, 3.8) is 0 Å². The fourth-order valence-electron chi connectivity index (χ4n) is 0.244. The van der Waals surface area contributed by atoms with Crippen LogP contribution in [-0.4, -0.2) is 22.1 Å². The van der Waals surface area contributed by atoms with E-state index < -0.39 is 14.0 Å². The van der Waals surface area contributed by atoms with E-state index in [1.807, 2.05) is 0 Å². The normalized spacial score (nSPS) is 11.9. The molecule has 9 heavy (non-hydrogen) atoms. The van der Waals surface area contributed by atoms with Crippen molar-refractivity contribution in [2.45, 2.75) is 0 Å². The largest absolute Gasteiger partial charge is 0.509 e. The van der Waals surface area contributed by atoms with Crippen molar-refractivity contribution in [1.82, 2.24) is 0 Å².